The number of hydrogen-bond acceptors (Lipinski definition) is 2. The first-order chi connectivity index (χ1) is 10.2. The van der Waals surface area contributed by atoms with Gasteiger partial charge in [-0.25, -0.2) is 0 Å². The van der Waals surface area contributed by atoms with Gasteiger partial charge in [0.25, 0.3) is 0 Å². The largest absolute Gasteiger partial charge is 0.385 e. The van der Waals surface area contributed by atoms with Crippen LogP contribution in [0.5, 0.6) is 0 Å². The third-order valence-corrected chi connectivity index (χ3v) is 4.48. The van der Waals surface area contributed by atoms with Crippen LogP contribution >= 0.6 is 0 Å². The highest BCUT2D eigenvalue weighted by molar-refractivity contribution is 5.09. The molecule has 0 aromatic rings. The Morgan fingerprint density at radius 1 is 1.29 bits per heavy atom. The van der Waals surface area contributed by atoms with Crippen molar-refractivity contribution >= 4 is 0 Å². The smallest absolute Gasteiger partial charge is 0.0410 e. The van der Waals surface area contributed by atoms with Gasteiger partial charge < -0.3 is 10.6 Å². The average molecular weight is 290 g/mol. The summed E-state index contributed by atoms with van der Waals surface area (Å²) in [5.74, 6) is 0.967. The second-order valence-electron chi connectivity index (χ2n) is 6.28. The van der Waals surface area contributed by atoms with E-state index in [0.29, 0.717) is 12.1 Å². The molecule has 0 amide bonds. The molecule has 0 aliphatic heterocycles. The third kappa shape index (κ3) is 7.52. The van der Waals surface area contributed by atoms with E-state index in [0.717, 1.165) is 18.9 Å². The van der Waals surface area contributed by atoms with E-state index in [2.05, 4.69) is 56.3 Å². The molecule has 2 heteroatoms. The molecule has 21 heavy (non-hydrogen) atoms. The quantitative estimate of drug-likeness (QED) is 0.608. The van der Waals surface area contributed by atoms with Crippen molar-refractivity contribution in [3.8, 4) is 0 Å². The van der Waals surface area contributed by atoms with Crippen LogP contribution in [0.1, 0.15) is 59.3 Å². The van der Waals surface area contributed by atoms with Crippen molar-refractivity contribution in [1.29, 1.82) is 0 Å². The molecule has 1 aliphatic carbocycles. The van der Waals surface area contributed by atoms with Gasteiger partial charge in [0.1, 0.15) is 0 Å². The molecule has 0 saturated heterocycles. The molecule has 0 bridgehead atoms. The minimum Gasteiger partial charge on any atom is -0.385 e. The summed E-state index contributed by atoms with van der Waals surface area (Å²) in [5, 5.41) is 7.17. The molecular formula is C19H34N2. The summed E-state index contributed by atoms with van der Waals surface area (Å²) in [5.41, 5.74) is 1.39. The highest BCUT2D eigenvalue weighted by Crippen LogP contribution is 2.26. The number of allylic oxidation sites excluding steroid dienone is 2. The fourth-order valence-electron chi connectivity index (χ4n) is 3.01. The SMILES string of the molecule is C=CC/C(=C\NC(C)/C=C\C)CNC1CCC(CC)CC1. The van der Waals surface area contributed by atoms with E-state index in [1.54, 1.807) is 0 Å². The molecule has 0 radical (unpaired) electrons. The Balaban J connectivity index is 2.37. The molecule has 0 heterocycles. The average Bonchev–Trinajstić information content (AvgIpc) is 2.51. The summed E-state index contributed by atoms with van der Waals surface area (Å²) in [7, 11) is 0. The van der Waals surface area contributed by atoms with Crippen LogP contribution in [0.15, 0.2) is 36.6 Å². The van der Waals surface area contributed by atoms with Gasteiger partial charge in [-0.3, -0.25) is 0 Å². The minimum absolute atomic E-state index is 0.384. The van der Waals surface area contributed by atoms with Crippen LogP contribution in [0.3, 0.4) is 0 Å². The highest BCUT2D eigenvalue weighted by atomic mass is 14.9. The summed E-state index contributed by atoms with van der Waals surface area (Å²) >= 11 is 0. The maximum absolute atomic E-state index is 3.87. The van der Waals surface area contributed by atoms with Crippen LogP contribution in [0.4, 0.5) is 0 Å². The van der Waals surface area contributed by atoms with Crippen molar-refractivity contribution in [2.45, 2.75) is 71.4 Å². The predicted molar refractivity (Wildman–Crippen MR) is 94.3 cm³/mol. The fourth-order valence-corrected chi connectivity index (χ4v) is 3.01. The molecule has 1 aliphatic rings. The lowest BCUT2D eigenvalue weighted by atomic mass is 9.84. The molecule has 0 aromatic carbocycles. The molecule has 0 aromatic heterocycles. The van der Waals surface area contributed by atoms with Crippen molar-refractivity contribution in [2.75, 3.05) is 6.54 Å². The zero-order valence-electron chi connectivity index (χ0n) is 14.2. The van der Waals surface area contributed by atoms with Gasteiger partial charge in [-0.15, -0.1) is 6.58 Å². The van der Waals surface area contributed by atoms with Crippen LogP contribution in [-0.4, -0.2) is 18.6 Å². The Bertz CT molecular complexity index is 335. The second-order valence-corrected chi connectivity index (χ2v) is 6.28. The summed E-state index contributed by atoms with van der Waals surface area (Å²) in [6.45, 7) is 11.4. The Morgan fingerprint density at radius 3 is 2.57 bits per heavy atom. The summed E-state index contributed by atoms with van der Waals surface area (Å²) in [6, 6.07) is 1.09. The lowest BCUT2D eigenvalue weighted by molar-refractivity contribution is 0.290. The number of nitrogens with one attached hydrogen (secondary N) is 2. The van der Waals surface area contributed by atoms with Crippen molar-refractivity contribution in [3.63, 3.8) is 0 Å². The zero-order valence-corrected chi connectivity index (χ0v) is 14.2. The molecule has 1 unspecified atom stereocenters. The van der Waals surface area contributed by atoms with Gasteiger partial charge in [0, 0.05) is 18.6 Å². The third-order valence-electron chi connectivity index (χ3n) is 4.48. The molecule has 0 spiro atoms. The lowest BCUT2D eigenvalue weighted by Crippen LogP contribution is -2.34. The van der Waals surface area contributed by atoms with Crippen LogP contribution in [0.2, 0.25) is 0 Å². The van der Waals surface area contributed by atoms with Crippen molar-refractivity contribution in [1.82, 2.24) is 10.6 Å². The van der Waals surface area contributed by atoms with Crippen LogP contribution in [0.25, 0.3) is 0 Å². The molecule has 1 atom stereocenters. The van der Waals surface area contributed by atoms with E-state index in [1.807, 2.05) is 6.08 Å². The molecular weight excluding hydrogens is 256 g/mol. The molecule has 120 valence electrons. The van der Waals surface area contributed by atoms with E-state index in [9.17, 15) is 0 Å². The molecule has 2 N–H and O–H groups in total. The Labute approximate surface area is 131 Å². The van der Waals surface area contributed by atoms with Crippen molar-refractivity contribution in [3.05, 3.63) is 36.6 Å². The normalized spacial score (nSPS) is 25.0. The highest BCUT2D eigenvalue weighted by Gasteiger charge is 2.19. The van der Waals surface area contributed by atoms with Gasteiger partial charge in [0.15, 0.2) is 0 Å². The first-order valence-corrected chi connectivity index (χ1v) is 8.60. The summed E-state index contributed by atoms with van der Waals surface area (Å²) < 4.78 is 0. The first kappa shape index (κ1) is 18.0. The summed E-state index contributed by atoms with van der Waals surface area (Å²) in [4.78, 5) is 0. The zero-order chi connectivity index (χ0) is 15.5. The van der Waals surface area contributed by atoms with Crippen molar-refractivity contribution in [2.24, 2.45) is 5.92 Å². The number of rotatable bonds is 9. The van der Waals surface area contributed by atoms with Crippen molar-refractivity contribution < 1.29 is 0 Å². The van der Waals surface area contributed by atoms with Crippen LogP contribution < -0.4 is 10.6 Å². The van der Waals surface area contributed by atoms with Gasteiger partial charge in [-0.05, 0) is 63.6 Å². The second kappa shape index (κ2) is 10.7. The fraction of sp³-hybridized carbons (Fsp3) is 0.684. The van der Waals surface area contributed by atoms with E-state index in [-0.39, 0.29) is 0 Å². The molecule has 1 rings (SSSR count). The maximum atomic E-state index is 3.87. The molecule has 2 nitrogen and oxygen atoms in total. The van der Waals surface area contributed by atoms with Gasteiger partial charge in [-0.2, -0.15) is 0 Å². The maximum Gasteiger partial charge on any atom is 0.0410 e. The monoisotopic (exact) mass is 290 g/mol. The minimum atomic E-state index is 0.384. The van der Waals surface area contributed by atoms with E-state index in [1.165, 1.54) is 37.7 Å². The van der Waals surface area contributed by atoms with E-state index >= 15 is 0 Å². The Morgan fingerprint density at radius 2 is 2.00 bits per heavy atom. The van der Waals surface area contributed by atoms with E-state index in [4.69, 9.17) is 0 Å². The molecule has 1 fully saturated rings. The summed E-state index contributed by atoms with van der Waals surface area (Å²) in [6.07, 6.45) is 16.2. The van der Waals surface area contributed by atoms with E-state index < -0.39 is 0 Å². The lowest BCUT2D eigenvalue weighted by Gasteiger charge is -2.29. The van der Waals surface area contributed by atoms with Crippen LogP contribution in [-0.2, 0) is 0 Å². The van der Waals surface area contributed by atoms with Gasteiger partial charge >= 0.3 is 0 Å². The van der Waals surface area contributed by atoms with Crippen LogP contribution in [0, 0.1) is 5.92 Å². The standard InChI is InChI=1S/C19H34N2/c1-5-8-16(4)20-14-18(9-6-2)15-21-19-12-10-17(7-3)11-13-19/h5-6,8,14,16-17,19-21H,2,7,9-13,15H2,1,3-4H3/b8-5-,18-14+. The Hall–Kier alpha value is -1.02. The van der Waals surface area contributed by atoms with Gasteiger partial charge in [-0.1, -0.05) is 31.6 Å². The topological polar surface area (TPSA) is 24.1 Å². The van der Waals surface area contributed by atoms with Gasteiger partial charge in [0.2, 0.25) is 0 Å². The molecule has 1 saturated carbocycles. The Kier molecular flexibility index (Phi) is 9.16. The van der Waals surface area contributed by atoms with Gasteiger partial charge in [0.05, 0.1) is 0 Å². The predicted octanol–water partition coefficient (Wildman–Crippen LogP) is 4.56. The number of hydrogen-bond donors (Lipinski definition) is 2. The first-order valence-electron chi connectivity index (χ1n) is 8.60.